The second kappa shape index (κ2) is 10.7. The molecule has 0 saturated carbocycles. The average molecular weight is 351 g/mol. The van der Waals surface area contributed by atoms with Gasteiger partial charge >= 0.3 is 0 Å². The van der Waals surface area contributed by atoms with E-state index in [0.717, 1.165) is 36.2 Å². The molecule has 0 aliphatic carbocycles. The van der Waals surface area contributed by atoms with Crippen molar-refractivity contribution in [1.82, 2.24) is 10.6 Å². The van der Waals surface area contributed by atoms with Crippen LogP contribution in [0.1, 0.15) is 30.4 Å². The highest BCUT2D eigenvalue weighted by Crippen LogP contribution is 2.10. The summed E-state index contributed by atoms with van der Waals surface area (Å²) in [5.41, 5.74) is 2.55. The van der Waals surface area contributed by atoms with E-state index in [-0.39, 0.29) is 0 Å². The van der Waals surface area contributed by atoms with E-state index in [1.54, 1.807) is 0 Å². The van der Waals surface area contributed by atoms with E-state index in [4.69, 9.17) is 23.2 Å². The van der Waals surface area contributed by atoms with Crippen molar-refractivity contribution in [3.8, 4) is 0 Å². The van der Waals surface area contributed by atoms with Crippen LogP contribution in [0, 0.1) is 0 Å². The Labute approximate surface area is 149 Å². The van der Waals surface area contributed by atoms with E-state index in [2.05, 4.69) is 34.9 Å². The summed E-state index contributed by atoms with van der Waals surface area (Å²) in [6, 6.07) is 16.0. The van der Waals surface area contributed by atoms with Gasteiger partial charge in [0.05, 0.1) is 0 Å². The first-order valence-electron chi connectivity index (χ1n) is 8.14. The Hall–Kier alpha value is -1.06. The van der Waals surface area contributed by atoms with Crippen molar-refractivity contribution in [3.05, 3.63) is 69.7 Å². The second-order valence-electron chi connectivity index (χ2n) is 5.67. The molecule has 0 aromatic heterocycles. The van der Waals surface area contributed by atoms with Gasteiger partial charge in [-0.2, -0.15) is 0 Å². The lowest BCUT2D eigenvalue weighted by atomic mass is 10.2. The zero-order valence-corrected chi connectivity index (χ0v) is 14.8. The van der Waals surface area contributed by atoms with Gasteiger partial charge in [-0.25, -0.2) is 0 Å². The van der Waals surface area contributed by atoms with Gasteiger partial charge in [0.15, 0.2) is 0 Å². The van der Waals surface area contributed by atoms with E-state index in [1.165, 1.54) is 30.4 Å². The van der Waals surface area contributed by atoms with E-state index >= 15 is 0 Å². The Balaban J connectivity index is 1.43. The Bertz CT molecular complexity index is 501. The summed E-state index contributed by atoms with van der Waals surface area (Å²) in [7, 11) is 0. The summed E-state index contributed by atoms with van der Waals surface area (Å²) in [5.74, 6) is 0. The smallest absolute Gasteiger partial charge is 0.0406 e. The molecule has 2 N–H and O–H groups in total. The standard InChI is InChI=1S/C19H24Cl2N2/c20-18-8-4-16(5-9-18)14-22-12-2-1-3-13-23-15-17-6-10-19(21)11-7-17/h4-11,22-23H,1-3,12-15H2. The fourth-order valence-electron chi connectivity index (χ4n) is 2.35. The summed E-state index contributed by atoms with van der Waals surface area (Å²) in [6.45, 7) is 3.93. The van der Waals surface area contributed by atoms with Crippen LogP contribution in [0.4, 0.5) is 0 Å². The maximum Gasteiger partial charge on any atom is 0.0406 e. The highest BCUT2D eigenvalue weighted by atomic mass is 35.5. The van der Waals surface area contributed by atoms with Gasteiger partial charge in [0.1, 0.15) is 0 Å². The maximum atomic E-state index is 5.87. The summed E-state index contributed by atoms with van der Waals surface area (Å²) >= 11 is 11.7. The summed E-state index contributed by atoms with van der Waals surface area (Å²) in [4.78, 5) is 0. The zero-order chi connectivity index (χ0) is 16.3. The molecule has 0 aliphatic heterocycles. The topological polar surface area (TPSA) is 24.1 Å². The first kappa shape index (κ1) is 18.3. The zero-order valence-electron chi connectivity index (χ0n) is 13.3. The average Bonchev–Trinajstić information content (AvgIpc) is 2.56. The van der Waals surface area contributed by atoms with Crippen LogP contribution in [-0.2, 0) is 13.1 Å². The molecule has 0 fully saturated rings. The van der Waals surface area contributed by atoms with Crippen LogP contribution >= 0.6 is 23.2 Å². The van der Waals surface area contributed by atoms with Gasteiger partial charge in [-0.3, -0.25) is 0 Å². The fraction of sp³-hybridized carbons (Fsp3) is 0.368. The van der Waals surface area contributed by atoms with Gasteiger partial charge in [0.25, 0.3) is 0 Å². The molecular formula is C19H24Cl2N2. The lowest BCUT2D eigenvalue weighted by molar-refractivity contribution is 0.572. The van der Waals surface area contributed by atoms with Crippen LogP contribution < -0.4 is 10.6 Å². The Kier molecular flexibility index (Phi) is 8.48. The van der Waals surface area contributed by atoms with Crippen LogP contribution in [0.25, 0.3) is 0 Å². The summed E-state index contributed by atoms with van der Waals surface area (Å²) in [5, 5.41) is 8.52. The molecule has 0 heterocycles. The third kappa shape index (κ3) is 7.85. The summed E-state index contributed by atoms with van der Waals surface area (Å²) in [6.07, 6.45) is 3.65. The number of hydrogen-bond donors (Lipinski definition) is 2. The quantitative estimate of drug-likeness (QED) is 0.586. The SMILES string of the molecule is Clc1ccc(CNCCCCCNCc2ccc(Cl)cc2)cc1. The lowest BCUT2D eigenvalue weighted by Crippen LogP contribution is -2.17. The van der Waals surface area contributed by atoms with Crippen molar-refractivity contribution in [2.45, 2.75) is 32.4 Å². The van der Waals surface area contributed by atoms with Crippen molar-refractivity contribution in [1.29, 1.82) is 0 Å². The van der Waals surface area contributed by atoms with Crippen molar-refractivity contribution < 1.29 is 0 Å². The van der Waals surface area contributed by atoms with Gasteiger partial charge < -0.3 is 10.6 Å². The second-order valence-corrected chi connectivity index (χ2v) is 6.54. The normalized spacial score (nSPS) is 10.9. The van der Waals surface area contributed by atoms with Gasteiger partial charge in [-0.1, -0.05) is 53.9 Å². The molecule has 0 radical (unpaired) electrons. The largest absolute Gasteiger partial charge is 0.313 e. The third-order valence-corrected chi connectivity index (χ3v) is 4.20. The minimum atomic E-state index is 0.792. The van der Waals surface area contributed by atoms with E-state index in [0.29, 0.717) is 0 Å². The molecule has 0 saturated heterocycles. The van der Waals surface area contributed by atoms with Gasteiger partial charge in [-0.05, 0) is 61.3 Å². The monoisotopic (exact) mass is 350 g/mol. The number of benzene rings is 2. The van der Waals surface area contributed by atoms with Crippen LogP contribution in [0.2, 0.25) is 10.0 Å². The maximum absolute atomic E-state index is 5.87. The van der Waals surface area contributed by atoms with Crippen molar-refractivity contribution in [2.75, 3.05) is 13.1 Å². The number of unbranched alkanes of at least 4 members (excludes halogenated alkanes) is 2. The molecule has 0 bridgehead atoms. The minimum Gasteiger partial charge on any atom is -0.313 e. The van der Waals surface area contributed by atoms with Gasteiger partial charge in [0, 0.05) is 23.1 Å². The Morgan fingerprint density at radius 1 is 0.565 bits per heavy atom. The predicted molar refractivity (Wildman–Crippen MR) is 100 cm³/mol. The third-order valence-electron chi connectivity index (χ3n) is 3.69. The van der Waals surface area contributed by atoms with Crippen LogP contribution in [0.3, 0.4) is 0 Å². The molecule has 0 aliphatic rings. The van der Waals surface area contributed by atoms with E-state index < -0.39 is 0 Å². The molecule has 0 unspecified atom stereocenters. The van der Waals surface area contributed by atoms with Gasteiger partial charge in [0.2, 0.25) is 0 Å². The first-order valence-corrected chi connectivity index (χ1v) is 8.90. The minimum absolute atomic E-state index is 0.792. The molecule has 0 spiro atoms. The number of halogens is 2. The van der Waals surface area contributed by atoms with E-state index in [9.17, 15) is 0 Å². The molecular weight excluding hydrogens is 327 g/mol. The van der Waals surface area contributed by atoms with Crippen molar-refractivity contribution in [3.63, 3.8) is 0 Å². The van der Waals surface area contributed by atoms with Gasteiger partial charge in [-0.15, -0.1) is 0 Å². The van der Waals surface area contributed by atoms with Crippen molar-refractivity contribution >= 4 is 23.2 Å². The Morgan fingerprint density at radius 2 is 0.957 bits per heavy atom. The molecule has 23 heavy (non-hydrogen) atoms. The molecule has 2 rings (SSSR count). The highest BCUT2D eigenvalue weighted by molar-refractivity contribution is 6.30. The number of rotatable bonds is 10. The molecule has 2 aromatic carbocycles. The molecule has 0 atom stereocenters. The molecule has 124 valence electrons. The van der Waals surface area contributed by atoms with Crippen LogP contribution in [-0.4, -0.2) is 13.1 Å². The van der Waals surface area contributed by atoms with Crippen molar-refractivity contribution in [2.24, 2.45) is 0 Å². The first-order chi connectivity index (χ1) is 11.2. The number of nitrogens with one attached hydrogen (secondary N) is 2. The Morgan fingerprint density at radius 3 is 1.35 bits per heavy atom. The fourth-order valence-corrected chi connectivity index (χ4v) is 2.60. The molecule has 0 amide bonds. The molecule has 2 aromatic rings. The number of hydrogen-bond acceptors (Lipinski definition) is 2. The van der Waals surface area contributed by atoms with Crippen LogP contribution in [0.5, 0.6) is 0 Å². The molecule has 4 heteroatoms. The predicted octanol–water partition coefficient (Wildman–Crippen LogP) is 5.04. The lowest BCUT2D eigenvalue weighted by Gasteiger charge is -2.07. The summed E-state index contributed by atoms with van der Waals surface area (Å²) < 4.78 is 0. The van der Waals surface area contributed by atoms with Crippen LogP contribution in [0.15, 0.2) is 48.5 Å². The molecule has 2 nitrogen and oxygen atoms in total. The van der Waals surface area contributed by atoms with E-state index in [1.807, 2.05) is 24.3 Å². The highest BCUT2D eigenvalue weighted by Gasteiger charge is 1.95.